The number of nitrogens with one attached hydrogen (secondary N) is 1. The van der Waals surface area contributed by atoms with E-state index in [9.17, 15) is 14.0 Å². The summed E-state index contributed by atoms with van der Waals surface area (Å²) in [5.41, 5.74) is 2.79. The molecule has 0 heterocycles. The summed E-state index contributed by atoms with van der Waals surface area (Å²) in [4.78, 5) is 23.5. The Morgan fingerprint density at radius 1 is 1.07 bits per heavy atom. The first-order valence-electron chi connectivity index (χ1n) is 8.75. The van der Waals surface area contributed by atoms with E-state index in [1.54, 1.807) is 12.1 Å². The third-order valence-corrected chi connectivity index (χ3v) is 3.99. The zero-order chi connectivity index (χ0) is 19.8. The van der Waals surface area contributed by atoms with Gasteiger partial charge in [-0.05, 0) is 47.7 Å². The molecule has 1 N–H and O–H groups in total. The lowest BCUT2D eigenvalue weighted by molar-refractivity contribution is -0.150. The molecule has 144 valence electrons. The van der Waals surface area contributed by atoms with Crippen LogP contribution in [0.2, 0.25) is 0 Å². The lowest BCUT2D eigenvalue weighted by Crippen LogP contribution is -2.29. The van der Waals surface area contributed by atoms with Crippen molar-refractivity contribution in [2.24, 2.45) is 0 Å². The smallest absolute Gasteiger partial charge is 0.344 e. The van der Waals surface area contributed by atoms with Crippen molar-refractivity contribution < 1.29 is 23.5 Å². The van der Waals surface area contributed by atoms with E-state index in [1.165, 1.54) is 12.1 Å². The van der Waals surface area contributed by atoms with Crippen LogP contribution in [0.3, 0.4) is 0 Å². The molecule has 2 rings (SSSR count). The molecule has 0 saturated heterocycles. The molecular weight excluding hydrogens is 349 g/mol. The highest BCUT2D eigenvalue weighted by atomic mass is 19.1. The summed E-state index contributed by atoms with van der Waals surface area (Å²) < 4.78 is 23.3. The number of carbonyl (C=O) groups is 2. The zero-order valence-electron chi connectivity index (χ0n) is 15.8. The number of esters is 1. The Labute approximate surface area is 158 Å². The number of rotatable bonds is 8. The van der Waals surface area contributed by atoms with Crippen molar-refractivity contribution in [1.82, 2.24) is 5.32 Å². The molecule has 0 aliphatic carbocycles. The highest BCUT2D eigenvalue weighted by Gasteiger charge is 2.10. The average Bonchev–Trinajstić information content (AvgIpc) is 2.65. The van der Waals surface area contributed by atoms with Crippen molar-refractivity contribution in [2.45, 2.75) is 33.2 Å². The number of hydrogen-bond acceptors (Lipinski definition) is 4. The third-order valence-electron chi connectivity index (χ3n) is 3.99. The zero-order valence-corrected chi connectivity index (χ0v) is 15.8. The Morgan fingerprint density at radius 3 is 2.44 bits per heavy atom. The van der Waals surface area contributed by atoms with Gasteiger partial charge in [0.15, 0.2) is 13.2 Å². The van der Waals surface area contributed by atoms with Crippen LogP contribution in [0.25, 0.3) is 0 Å². The molecule has 0 aliphatic rings. The molecule has 0 aliphatic heterocycles. The standard InChI is InChI=1S/C21H24FNO4/c1-14(2)17-7-4-15(3)19(10-17)26-13-21(25)27-12-20(24)23-11-16-5-8-18(22)9-6-16/h4-10,14H,11-13H2,1-3H3,(H,23,24). The van der Waals surface area contributed by atoms with Crippen molar-refractivity contribution >= 4 is 11.9 Å². The van der Waals surface area contributed by atoms with Crippen molar-refractivity contribution in [2.75, 3.05) is 13.2 Å². The van der Waals surface area contributed by atoms with E-state index >= 15 is 0 Å². The summed E-state index contributed by atoms with van der Waals surface area (Å²) in [6.07, 6.45) is 0. The molecule has 0 spiro atoms. The third kappa shape index (κ3) is 6.73. The van der Waals surface area contributed by atoms with Crippen molar-refractivity contribution in [3.8, 4) is 5.75 Å². The molecule has 1 amide bonds. The molecule has 0 unspecified atom stereocenters. The summed E-state index contributed by atoms with van der Waals surface area (Å²) >= 11 is 0. The SMILES string of the molecule is Cc1ccc(C(C)C)cc1OCC(=O)OCC(=O)NCc1ccc(F)cc1. The van der Waals surface area contributed by atoms with E-state index < -0.39 is 18.5 Å². The Kier molecular flexibility index (Phi) is 7.34. The summed E-state index contributed by atoms with van der Waals surface area (Å²) in [5, 5.41) is 2.60. The molecule has 0 fully saturated rings. The molecule has 6 heteroatoms. The van der Waals surface area contributed by atoms with Gasteiger partial charge in [-0.1, -0.05) is 38.1 Å². The van der Waals surface area contributed by atoms with Gasteiger partial charge < -0.3 is 14.8 Å². The van der Waals surface area contributed by atoms with E-state index in [4.69, 9.17) is 9.47 Å². The second kappa shape index (κ2) is 9.71. The van der Waals surface area contributed by atoms with Crippen molar-refractivity contribution in [1.29, 1.82) is 0 Å². The average molecular weight is 373 g/mol. The van der Waals surface area contributed by atoms with Gasteiger partial charge in [0, 0.05) is 6.54 Å². The van der Waals surface area contributed by atoms with E-state index in [-0.39, 0.29) is 19.0 Å². The molecule has 0 aromatic heterocycles. The Hall–Kier alpha value is -2.89. The predicted octanol–water partition coefficient (Wildman–Crippen LogP) is 3.50. The van der Waals surface area contributed by atoms with Gasteiger partial charge in [0.1, 0.15) is 11.6 Å². The number of halogens is 1. The second-order valence-corrected chi connectivity index (χ2v) is 6.53. The maximum Gasteiger partial charge on any atom is 0.344 e. The van der Waals surface area contributed by atoms with Crippen LogP contribution in [-0.2, 0) is 20.9 Å². The van der Waals surface area contributed by atoms with Crippen LogP contribution in [0.1, 0.15) is 36.5 Å². The van der Waals surface area contributed by atoms with Crippen LogP contribution in [0.4, 0.5) is 4.39 Å². The highest BCUT2D eigenvalue weighted by Crippen LogP contribution is 2.24. The van der Waals surface area contributed by atoms with E-state index in [0.717, 1.165) is 16.7 Å². The lowest BCUT2D eigenvalue weighted by Gasteiger charge is -2.12. The lowest BCUT2D eigenvalue weighted by atomic mass is 10.0. The second-order valence-electron chi connectivity index (χ2n) is 6.53. The monoisotopic (exact) mass is 373 g/mol. The van der Waals surface area contributed by atoms with Crippen molar-refractivity contribution in [3.05, 3.63) is 65.0 Å². The molecule has 2 aromatic carbocycles. The van der Waals surface area contributed by atoms with Gasteiger partial charge in [-0.15, -0.1) is 0 Å². The van der Waals surface area contributed by atoms with Gasteiger partial charge in [0.2, 0.25) is 0 Å². The van der Waals surface area contributed by atoms with Gasteiger partial charge in [-0.25, -0.2) is 9.18 Å². The largest absolute Gasteiger partial charge is 0.482 e. The molecule has 5 nitrogen and oxygen atoms in total. The maximum absolute atomic E-state index is 12.8. The van der Waals surface area contributed by atoms with Crippen LogP contribution in [0.15, 0.2) is 42.5 Å². The highest BCUT2D eigenvalue weighted by molar-refractivity contribution is 5.80. The number of aryl methyl sites for hydroxylation is 1. The molecule has 0 bridgehead atoms. The topological polar surface area (TPSA) is 64.6 Å². The quantitative estimate of drug-likeness (QED) is 0.720. The number of carbonyl (C=O) groups excluding carboxylic acids is 2. The summed E-state index contributed by atoms with van der Waals surface area (Å²) in [6.45, 7) is 5.62. The summed E-state index contributed by atoms with van der Waals surface area (Å²) in [5.74, 6) is -0.427. The molecule has 0 atom stereocenters. The predicted molar refractivity (Wildman–Crippen MR) is 100.0 cm³/mol. The van der Waals surface area contributed by atoms with Crippen molar-refractivity contribution in [3.63, 3.8) is 0 Å². The number of amides is 1. The Bertz CT molecular complexity index is 787. The number of ether oxygens (including phenoxy) is 2. The van der Waals surface area contributed by atoms with Gasteiger partial charge in [-0.3, -0.25) is 4.79 Å². The Balaban J connectivity index is 1.73. The summed E-state index contributed by atoms with van der Waals surface area (Å²) in [7, 11) is 0. The van der Waals surface area contributed by atoms with Crippen LogP contribution in [0, 0.1) is 12.7 Å². The fourth-order valence-corrected chi connectivity index (χ4v) is 2.31. The van der Waals surface area contributed by atoms with Crippen LogP contribution in [0.5, 0.6) is 5.75 Å². The van der Waals surface area contributed by atoms with Crippen LogP contribution < -0.4 is 10.1 Å². The summed E-state index contributed by atoms with van der Waals surface area (Å²) in [6, 6.07) is 11.6. The minimum Gasteiger partial charge on any atom is -0.482 e. The van der Waals surface area contributed by atoms with Gasteiger partial charge in [-0.2, -0.15) is 0 Å². The molecule has 27 heavy (non-hydrogen) atoms. The molecule has 0 radical (unpaired) electrons. The van der Waals surface area contributed by atoms with Gasteiger partial charge in [0.25, 0.3) is 5.91 Å². The number of hydrogen-bond donors (Lipinski definition) is 1. The fraction of sp³-hybridized carbons (Fsp3) is 0.333. The molecule has 0 saturated carbocycles. The number of benzene rings is 2. The molecular formula is C21H24FNO4. The van der Waals surface area contributed by atoms with E-state index in [2.05, 4.69) is 19.2 Å². The minimum absolute atomic E-state index is 0.231. The fourth-order valence-electron chi connectivity index (χ4n) is 2.31. The van der Waals surface area contributed by atoms with Gasteiger partial charge >= 0.3 is 5.97 Å². The first kappa shape index (κ1) is 20.4. The minimum atomic E-state index is -0.624. The molecule has 2 aromatic rings. The van der Waals surface area contributed by atoms with Crippen LogP contribution >= 0.6 is 0 Å². The normalized spacial score (nSPS) is 10.6. The van der Waals surface area contributed by atoms with E-state index in [0.29, 0.717) is 11.7 Å². The van der Waals surface area contributed by atoms with E-state index in [1.807, 2.05) is 25.1 Å². The van der Waals surface area contributed by atoms with Crippen LogP contribution in [-0.4, -0.2) is 25.1 Å². The first-order valence-corrected chi connectivity index (χ1v) is 8.75. The maximum atomic E-state index is 12.8. The van der Waals surface area contributed by atoms with Gasteiger partial charge in [0.05, 0.1) is 0 Å². The first-order chi connectivity index (χ1) is 12.8. The Morgan fingerprint density at radius 2 is 1.78 bits per heavy atom.